The molecule has 0 spiro atoms. The number of carbonyl (C=O) groups is 1. The van der Waals surface area contributed by atoms with Crippen molar-refractivity contribution in [2.45, 2.75) is 25.5 Å². The molecule has 6 heteroatoms. The van der Waals surface area contributed by atoms with Gasteiger partial charge in [-0.05, 0) is 37.6 Å². The largest absolute Gasteiger partial charge is 1.00 e. The SMILES string of the molecule is CC([NH2+]CCNCCCOC(=O)c1ccccc1)C(O)c1ccccc1.[Cl-]. The van der Waals surface area contributed by atoms with Gasteiger partial charge in [0.05, 0.1) is 18.7 Å². The first kappa shape index (κ1) is 23.1. The number of quaternary nitrogens is 1. The second-order valence-corrected chi connectivity index (χ2v) is 6.34. The number of nitrogens with one attached hydrogen (secondary N) is 1. The van der Waals surface area contributed by atoms with Crippen LogP contribution in [0.4, 0.5) is 0 Å². The van der Waals surface area contributed by atoms with Crippen LogP contribution in [-0.4, -0.2) is 43.4 Å². The Kier molecular flexibility index (Phi) is 11.4. The molecular weight excluding hydrogens is 364 g/mol. The molecule has 0 aliphatic rings. The first-order valence-corrected chi connectivity index (χ1v) is 9.17. The number of carbonyl (C=O) groups excluding carboxylic acids is 1. The van der Waals surface area contributed by atoms with Crippen LogP contribution in [0.1, 0.15) is 35.4 Å². The molecule has 0 aliphatic carbocycles. The summed E-state index contributed by atoms with van der Waals surface area (Å²) in [5.74, 6) is -0.275. The minimum atomic E-state index is -0.464. The predicted octanol–water partition coefficient (Wildman–Crippen LogP) is -1.49. The third-order valence-corrected chi connectivity index (χ3v) is 4.24. The van der Waals surface area contributed by atoms with E-state index in [1.54, 1.807) is 12.1 Å². The number of aliphatic hydroxyl groups excluding tert-OH is 1. The lowest BCUT2D eigenvalue weighted by atomic mass is 10.0. The van der Waals surface area contributed by atoms with Gasteiger partial charge in [-0.2, -0.15) is 0 Å². The van der Waals surface area contributed by atoms with Gasteiger partial charge in [0.25, 0.3) is 0 Å². The molecule has 0 heterocycles. The molecule has 2 atom stereocenters. The maximum absolute atomic E-state index is 11.8. The molecule has 0 amide bonds. The summed E-state index contributed by atoms with van der Waals surface area (Å²) in [4.78, 5) is 11.8. The summed E-state index contributed by atoms with van der Waals surface area (Å²) in [5, 5.41) is 15.8. The maximum Gasteiger partial charge on any atom is 0.338 e. The van der Waals surface area contributed by atoms with Crippen LogP contribution in [-0.2, 0) is 4.74 Å². The average Bonchev–Trinajstić information content (AvgIpc) is 2.70. The summed E-state index contributed by atoms with van der Waals surface area (Å²) in [6.07, 6.45) is 0.314. The van der Waals surface area contributed by atoms with E-state index in [0.717, 1.165) is 31.6 Å². The number of aliphatic hydroxyl groups is 1. The Labute approximate surface area is 167 Å². The van der Waals surface area contributed by atoms with Gasteiger partial charge in [-0.15, -0.1) is 0 Å². The van der Waals surface area contributed by atoms with Crippen LogP contribution in [0.2, 0.25) is 0 Å². The molecule has 2 unspecified atom stereocenters. The minimum Gasteiger partial charge on any atom is -1.00 e. The lowest BCUT2D eigenvalue weighted by molar-refractivity contribution is -0.692. The van der Waals surface area contributed by atoms with Gasteiger partial charge in [0.15, 0.2) is 0 Å². The number of hydrogen-bond acceptors (Lipinski definition) is 4. The van der Waals surface area contributed by atoms with Crippen molar-refractivity contribution >= 4 is 5.97 Å². The van der Waals surface area contributed by atoms with Crippen molar-refractivity contribution in [2.24, 2.45) is 0 Å². The molecule has 0 bridgehead atoms. The molecule has 2 rings (SSSR count). The molecule has 0 aromatic heterocycles. The average molecular weight is 393 g/mol. The third-order valence-electron chi connectivity index (χ3n) is 4.24. The van der Waals surface area contributed by atoms with Gasteiger partial charge >= 0.3 is 5.97 Å². The zero-order chi connectivity index (χ0) is 18.6. The first-order valence-electron chi connectivity index (χ1n) is 9.17. The van der Waals surface area contributed by atoms with Crippen molar-refractivity contribution in [2.75, 3.05) is 26.2 Å². The van der Waals surface area contributed by atoms with Crippen molar-refractivity contribution in [3.63, 3.8) is 0 Å². The standard InChI is InChI=1S/C21H28N2O3.ClH/c1-17(20(24)18-9-4-2-5-10-18)23-15-14-22-13-8-16-26-21(25)19-11-6-3-7-12-19;/h2-7,9-12,17,20,22-24H,8,13-16H2,1H3;1H. The van der Waals surface area contributed by atoms with E-state index in [2.05, 4.69) is 10.6 Å². The van der Waals surface area contributed by atoms with Crippen LogP contribution < -0.4 is 23.0 Å². The monoisotopic (exact) mass is 392 g/mol. The van der Waals surface area contributed by atoms with Crippen LogP contribution >= 0.6 is 0 Å². The van der Waals surface area contributed by atoms with Crippen molar-refractivity contribution in [1.82, 2.24) is 5.32 Å². The van der Waals surface area contributed by atoms with Gasteiger partial charge in [-0.3, -0.25) is 0 Å². The molecule has 0 radical (unpaired) electrons. The Hall–Kier alpha value is -1.92. The lowest BCUT2D eigenvalue weighted by Gasteiger charge is -2.17. The molecule has 0 saturated carbocycles. The Bertz CT molecular complexity index is 640. The van der Waals surface area contributed by atoms with E-state index in [4.69, 9.17) is 4.74 Å². The predicted molar refractivity (Wildman–Crippen MR) is 102 cm³/mol. The van der Waals surface area contributed by atoms with E-state index < -0.39 is 6.10 Å². The molecule has 2 aromatic carbocycles. The summed E-state index contributed by atoms with van der Waals surface area (Å²) in [7, 11) is 0. The number of hydrogen-bond donors (Lipinski definition) is 3. The molecule has 5 nitrogen and oxygen atoms in total. The molecule has 0 saturated heterocycles. The Morgan fingerprint density at radius 3 is 2.37 bits per heavy atom. The fourth-order valence-corrected chi connectivity index (χ4v) is 2.68. The van der Waals surface area contributed by atoms with Gasteiger partial charge in [0, 0.05) is 6.54 Å². The van der Waals surface area contributed by atoms with Crippen LogP contribution in [0.5, 0.6) is 0 Å². The first-order chi connectivity index (χ1) is 12.7. The van der Waals surface area contributed by atoms with Gasteiger partial charge in [-0.1, -0.05) is 48.5 Å². The second-order valence-electron chi connectivity index (χ2n) is 6.34. The van der Waals surface area contributed by atoms with Crippen molar-refractivity contribution in [3.8, 4) is 0 Å². The highest BCUT2D eigenvalue weighted by molar-refractivity contribution is 5.89. The number of nitrogens with two attached hydrogens (primary N) is 1. The number of ether oxygens (including phenoxy) is 1. The molecule has 0 fully saturated rings. The Balaban J connectivity index is 0.00000364. The van der Waals surface area contributed by atoms with E-state index in [9.17, 15) is 9.90 Å². The highest BCUT2D eigenvalue weighted by Gasteiger charge is 2.18. The van der Waals surface area contributed by atoms with Gasteiger partial charge in [0.1, 0.15) is 12.1 Å². The van der Waals surface area contributed by atoms with Crippen molar-refractivity contribution in [3.05, 3.63) is 71.8 Å². The zero-order valence-corrected chi connectivity index (χ0v) is 16.4. The van der Waals surface area contributed by atoms with E-state index in [1.165, 1.54) is 0 Å². The van der Waals surface area contributed by atoms with E-state index in [-0.39, 0.29) is 24.4 Å². The van der Waals surface area contributed by atoms with E-state index in [1.807, 2.05) is 55.5 Å². The maximum atomic E-state index is 11.8. The summed E-state index contributed by atoms with van der Waals surface area (Å²) < 4.78 is 5.23. The minimum absolute atomic E-state index is 0. The van der Waals surface area contributed by atoms with Gasteiger partial charge in [0.2, 0.25) is 0 Å². The number of benzene rings is 2. The van der Waals surface area contributed by atoms with E-state index >= 15 is 0 Å². The van der Waals surface area contributed by atoms with Gasteiger partial charge in [-0.25, -0.2) is 4.79 Å². The molecule has 27 heavy (non-hydrogen) atoms. The Morgan fingerprint density at radius 1 is 1.07 bits per heavy atom. The highest BCUT2D eigenvalue weighted by atomic mass is 35.5. The highest BCUT2D eigenvalue weighted by Crippen LogP contribution is 2.13. The summed E-state index contributed by atoms with van der Waals surface area (Å²) >= 11 is 0. The third kappa shape index (κ3) is 8.54. The number of rotatable bonds is 11. The van der Waals surface area contributed by atoms with Crippen LogP contribution in [0.25, 0.3) is 0 Å². The van der Waals surface area contributed by atoms with Crippen LogP contribution in [0, 0.1) is 0 Å². The topological polar surface area (TPSA) is 75.2 Å². The summed E-state index contributed by atoms with van der Waals surface area (Å²) in [5.41, 5.74) is 1.53. The molecule has 4 N–H and O–H groups in total. The Morgan fingerprint density at radius 2 is 1.70 bits per heavy atom. The fraction of sp³-hybridized carbons (Fsp3) is 0.381. The van der Waals surface area contributed by atoms with E-state index in [0.29, 0.717) is 12.2 Å². The normalized spacial score (nSPS) is 12.7. The smallest absolute Gasteiger partial charge is 0.338 e. The van der Waals surface area contributed by atoms with Crippen LogP contribution in [0.3, 0.4) is 0 Å². The van der Waals surface area contributed by atoms with Gasteiger partial charge < -0.3 is 32.9 Å². The van der Waals surface area contributed by atoms with Crippen molar-refractivity contribution < 1.29 is 32.4 Å². The second kappa shape index (κ2) is 13.3. The number of esters is 1. The fourth-order valence-electron chi connectivity index (χ4n) is 2.68. The van der Waals surface area contributed by atoms with Crippen LogP contribution in [0.15, 0.2) is 60.7 Å². The molecular formula is C21H29ClN2O3. The molecule has 2 aromatic rings. The number of halogens is 1. The summed E-state index contributed by atoms with van der Waals surface area (Å²) in [6, 6.07) is 18.9. The zero-order valence-electron chi connectivity index (χ0n) is 15.7. The quantitative estimate of drug-likeness (QED) is 0.322. The molecule has 148 valence electrons. The van der Waals surface area contributed by atoms with Crippen molar-refractivity contribution in [1.29, 1.82) is 0 Å². The lowest BCUT2D eigenvalue weighted by Crippen LogP contribution is -3.00. The molecule has 0 aliphatic heterocycles. The summed E-state index contributed by atoms with van der Waals surface area (Å²) in [6.45, 7) is 4.97.